The molecule has 0 radical (unpaired) electrons. The molecule has 0 saturated carbocycles. The van der Waals surface area contributed by atoms with Crippen LogP contribution in [-0.4, -0.2) is 44.5 Å². The number of benzene rings is 1. The number of hydrogen-bond acceptors (Lipinski definition) is 7. The van der Waals surface area contributed by atoms with Crippen molar-refractivity contribution < 1.29 is 4.39 Å². The Bertz CT molecular complexity index is 1260. The van der Waals surface area contributed by atoms with Crippen LogP contribution in [0.4, 0.5) is 16.0 Å². The van der Waals surface area contributed by atoms with Crippen molar-refractivity contribution in [3.63, 3.8) is 0 Å². The first-order valence-electron chi connectivity index (χ1n) is 8.86. The van der Waals surface area contributed by atoms with Crippen molar-refractivity contribution in [1.29, 1.82) is 0 Å². The van der Waals surface area contributed by atoms with Gasteiger partial charge in [0.25, 0.3) is 0 Å². The first kappa shape index (κ1) is 17.0. The van der Waals surface area contributed by atoms with E-state index in [1.807, 2.05) is 23.1 Å². The second kappa shape index (κ2) is 7.11. The van der Waals surface area contributed by atoms with Crippen LogP contribution in [0.3, 0.4) is 0 Å². The maximum Gasteiger partial charge on any atom is 0.229 e. The quantitative estimate of drug-likeness (QED) is 0.474. The molecule has 0 aliphatic carbocycles. The van der Waals surface area contributed by atoms with E-state index < -0.39 is 0 Å². The van der Waals surface area contributed by atoms with Crippen molar-refractivity contribution in [2.75, 3.05) is 5.32 Å². The molecule has 0 fully saturated rings. The van der Waals surface area contributed by atoms with Gasteiger partial charge < -0.3 is 5.32 Å². The molecule has 0 aliphatic heterocycles. The van der Waals surface area contributed by atoms with Gasteiger partial charge >= 0.3 is 0 Å². The summed E-state index contributed by atoms with van der Waals surface area (Å²) in [6, 6.07) is 7.96. The van der Waals surface area contributed by atoms with Gasteiger partial charge in [0.2, 0.25) is 5.95 Å². The maximum absolute atomic E-state index is 13.6. The number of anilines is 2. The van der Waals surface area contributed by atoms with E-state index >= 15 is 0 Å². The van der Waals surface area contributed by atoms with Crippen LogP contribution in [0.2, 0.25) is 0 Å². The van der Waals surface area contributed by atoms with Gasteiger partial charge in [0, 0.05) is 18.6 Å². The molecule has 11 heteroatoms. The van der Waals surface area contributed by atoms with Crippen LogP contribution in [0.15, 0.2) is 61.3 Å². The molecule has 4 aromatic heterocycles. The highest BCUT2D eigenvalue weighted by atomic mass is 19.1. The molecule has 0 saturated heterocycles. The molecule has 0 aliphatic rings. The molecule has 0 bridgehead atoms. The third-order valence-electron chi connectivity index (χ3n) is 4.25. The Morgan fingerprint density at radius 3 is 2.83 bits per heavy atom. The SMILES string of the molecule is Fc1cccc(-n2nnc3cnc(Nc4cnn(CCn5cccn5)c4)nc32)c1. The van der Waals surface area contributed by atoms with Gasteiger partial charge in [-0.05, 0) is 24.3 Å². The molecular formula is C18H15FN10. The Hall–Kier alpha value is -4.15. The maximum atomic E-state index is 13.6. The van der Waals surface area contributed by atoms with E-state index in [-0.39, 0.29) is 5.82 Å². The predicted molar refractivity (Wildman–Crippen MR) is 102 cm³/mol. The summed E-state index contributed by atoms with van der Waals surface area (Å²) in [5.74, 6) is 0.00478. The molecular weight excluding hydrogens is 375 g/mol. The van der Waals surface area contributed by atoms with Gasteiger partial charge in [-0.2, -0.15) is 19.9 Å². The summed E-state index contributed by atoms with van der Waals surface area (Å²) in [5.41, 5.74) is 2.26. The molecule has 29 heavy (non-hydrogen) atoms. The van der Waals surface area contributed by atoms with E-state index in [0.29, 0.717) is 29.3 Å². The van der Waals surface area contributed by atoms with Gasteiger partial charge in [-0.25, -0.2) is 9.37 Å². The van der Waals surface area contributed by atoms with Crippen LogP contribution in [0.1, 0.15) is 0 Å². The number of aryl methyl sites for hydroxylation is 2. The zero-order valence-corrected chi connectivity index (χ0v) is 15.1. The first-order valence-corrected chi connectivity index (χ1v) is 8.86. The minimum absolute atomic E-state index is 0.360. The Labute approximate surface area is 163 Å². The average molecular weight is 390 g/mol. The number of nitrogens with zero attached hydrogens (tertiary/aromatic N) is 9. The van der Waals surface area contributed by atoms with Gasteiger partial charge in [-0.15, -0.1) is 5.10 Å². The van der Waals surface area contributed by atoms with Crippen LogP contribution in [0, 0.1) is 5.82 Å². The van der Waals surface area contributed by atoms with Gasteiger partial charge in [0.1, 0.15) is 5.82 Å². The van der Waals surface area contributed by atoms with Gasteiger partial charge in [0.05, 0.1) is 36.9 Å². The highest BCUT2D eigenvalue weighted by molar-refractivity contribution is 5.72. The number of nitrogens with one attached hydrogen (secondary N) is 1. The molecule has 0 spiro atoms. The first-order chi connectivity index (χ1) is 14.2. The number of fused-ring (bicyclic) bond motifs is 1. The van der Waals surface area contributed by atoms with Gasteiger partial charge in [-0.1, -0.05) is 11.3 Å². The fraction of sp³-hybridized carbons (Fsp3) is 0.111. The molecule has 0 atom stereocenters. The second-order valence-electron chi connectivity index (χ2n) is 6.27. The summed E-state index contributed by atoms with van der Waals surface area (Å²) in [6.45, 7) is 1.40. The Morgan fingerprint density at radius 1 is 1.03 bits per heavy atom. The number of aromatic nitrogens is 9. The average Bonchev–Trinajstić information content (AvgIpc) is 3.47. The zero-order valence-electron chi connectivity index (χ0n) is 15.1. The summed E-state index contributed by atoms with van der Waals surface area (Å²) in [5, 5.41) is 19.7. The smallest absolute Gasteiger partial charge is 0.229 e. The minimum Gasteiger partial charge on any atom is -0.321 e. The van der Waals surface area contributed by atoms with Crippen LogP contribution in [0.25, 0.3) is 16.9 Å². The molecule has 5 rings (SSSR count). The molecule has 5 aromatic rings. The third kappa shape index (κ3) is 3.52. The summed E-state index contributed by atoms with van der Waals surface area (Å²) < 4.78 is 18.7. The predicted octanol–water partition coefficient (Wildman–Crippen LogP) is 2.19. The van der Waals surface area contributed by atoms with Crippen LogP contribution < -0.4 is 5.32 Å². The van der Waals surface area contributed by atoms with Crippen molar-refractivity contribution in [3.8, 4) is 5.69 Å². The molecule has 144 valence electrons. The highest BCUT2D eigenvalue weighted by Gasteiger charge is 2.11. The molecule has 0 amide bonds. The largest absolute Gasteiger partial charge is 0.321 e. The monoisotopic (exact) mass is 390 g/mol. The normalized spacial score (nSPS) is 11.2. The van der Waals surface area contributed by atoms with E-state index in [0.717, 1.165) is 12.2 Å². The number of halogens is 1. The highest BCUT2D eigenvalue weighted by Crippen LogP contribution is 2.18. The zero-order chi connectivity index (χ0) is 19.6. The summed E-state index contributed by atoms with van der Waals surface area (Å²) in [4.78, 5) is 8.73. The van der Waals surface area contributed by atoms with Crippen molar-refractivity contribution in [1.82, 2.24) is 44.5 Å². The van der Waals surface area contributed by atoms with Crippen LogP contribution >= 0.6 is 0 Å². The van der Waals surface area contributed by atoms with E-state index in [1.165, 1.54) is 16.8 Å². The Kier molecular flexibility index (Phi) is 4.16. The standard InChI is InChI=1S/C18H15FN10/c19-13-3-1-4-15(9-13)29-17-16(25-26-29)11-20-18(24-17)23-14-10-22-28(12-14)8-7-27-6-2-5-21-27/h1-6,9-12H,7-8H2,(H,20,23,24). The van der Waals surface area contributed by atoms with E-state index in [2.05, 4.69) is 35.8 Å². The third-order valence-corrected chi connectivity index (χ3v) is 4.25. The Balaban J connectivity index is 1.36. The van der Waals surface area contributed by atoms with Gasteiger partial charge in [0.15, 0.2) is 11.2 Å². The van der Waals surface area contributed by atoms with Gasteiger partial charge in [-0.3, -0.25) is 9.36 Å². The second-order valence-corrected chi connectivity index (χ2v) is 6.27. The van der Waals surface area contributed by atoms with Crippen LogP contribution in [-0.2, 0) is 13.1 Å². The lowest BCUT2D eigenvalue weighted by Crippen LogP contribution is -2.07. The fourth-order valence-electron chi connectivity index (χ4n) is 2.89. The minimum atomic E-state index is -0.360. The molecule has 4 heterocycles. The number of hydrogen-bond donors (Lipinski definition) is 1. The number of rotatable bonds is 6. The fourth-order valence-corrected chi connectivity index (χ4v) is 2.89. The molecule has 1 aromatic carbocycles. The topological polar surface area (TPSA) is 104 Å². The molecule has 10 nitrogen and oxygen atoms in total. The summed E-state index contributed by atoms with van der Waals surface area (Å²) in [7, 11) is 0. The van der Waals surface area contributed by atoms with Crippen molar-refractivity contribution in [2.24, 2.45) is 0 Å². The van der Waals surface area contributed by atoms with E-state index in [1.54, 1.807) is 35.4 Å². The lowest BCUT2D eigenvalue weighted by Gasteiger charge is -2.04. The Morgan fingerprint density at radius 2 is 1.97 bits per heavy atom. The lowest BCUT2D eigenvalue weighted by molar-refractivity contribution is 0.500. The lowest BCUT2D eigenvalue weighted by atomic mass is 10.3. The van der Waals surface area contributed by atoms with E-state index in [4.69, 9.17) is 0 Å². The summed E-state index contributed by atoms with van der Waals surface area (Å²) >= 11 is 0. The molecule has 0 unspecified atom stereocenters. The van der Waals surface area contributed by atoms with Crippen molar-refractivity contribution in [3.05, 3.63) is 67.1 Å². The molecule has 1 N–H and O–H groups in total. The van der Waals surface area contributed by atoms with Crippen molar-refractivity contribution in [2.45, 2.75) is 13.1 Å². The summed E-state index contributed by atoms with van der Waals surface area (Å²) in [6.07, 6.45) is 8.77. The van der Waals surface area contributed by atoms with Crippen LogP contribution in [0.5, 0.6) is 0 Å². The van der Waals surface area contributed by atoms with E-state index in [9.17, 15) is 4.39 Å². The van der Waals surface area contributed by atoms with Crippen molar-refractivity contribution >= 4 is 22.8 Å².